The maximum atomic E-state index is 12.0. The van der Waals surface area contributed by atoms with Crippen LogP contribution >= 0.6 is 11.6 Å². The highest BCUT2D eigenvalue weighted by atomic mass is 35.5. The molecule has 6 aliphatic rings. The first-order valence-electron chi connectivity index (χ1n) is 9.89. The molecule has 4 saturated carbocycles. The van der Waals surface area contributed by atoms with Gasteiger partial charge >= 0.3 is 0 Å². The summed E-state index contributed by atoms with van der Waals surface area (Å²) in [6.45, 7) is 3.93. The maximum absolute atomic E-state index is 12.0. The Kier molecular flexibility index (Phi) is 3.83. The van der Waals surface area contributed by atoms with Crippen molar-refractivity contribution in [2.45, 2.75) is 49.7 Å². The van der Waals surface area contributed by atoms with Crippen molar-refractivity contribution in [1.29, 1.82) is 0 Å². The molecule has 0 aromatic heterocycles. The molecule has 0 radical (unpaired) electrons. The first-order chi connectivity index (χ1) is 12.9. The monoisotopic (exact) mass is 384 g/mol. The standard InChI is InChI=1S/C22H25ClN2O2/c1-2-4-22(24)15-6-13-7-16(22)12-21(10-13,11-15)27-19-8-14-3-5-25-20(26)17(14)9-18(19)23/h2-3,5,8-9,13,15-17H,1,4,6-7,10-12,24H2. The van der Waals surface area contributed by atoms with E-state index in [9.17, 15) is 4.79 Å². The second kappa shape index (κ2) is 5.92. The molecule has 142 valence electrons. The van der Waals surface area contributed by atoms with Crippen LogP contribution in [0, 0.1) is 23.7 Å². The molecule has 27 heavy (non-hydrogen) atoms. The lowest BCUT2D eigenvalue weighted by molar-refractivity contribution is -0.169. The molecule has 4 fully saturated rings. The van der Waals surface area contributed by atoms with Gasteiger partial charge in [-0.05, 0) is 80.1 Å². The van der Waals surface area contributed by atoms with Crippen molar-refractivity contribution >= 4 is 23.7 Å². The fourth-order valence-electron chi connectivity index (χ4n) is 6.36. The molecule has 1 amide bonds. The molecule has 3 atom stereocenters. The number of ether oxygens (including phenoxy) is 1. The van der Waals surface area contributed by atoms with Crippen molar-refractivity contribution in [2.24, 2.45) is 34.4 Å². The summed E-state index contributed by atoms with van der Waals surface area (Å²) in [7, 11) is 0. The first-order valence-corrected chi connectivity index (χ1v) is 10.3. The van der Waals surface area contributed by atoms with Crippen molar-refractivity contribution in [3.63, 3.8) is 0 Å². The predicted molar refractivity (Wildman–Crippen MR) is 106 cm³/mol. The normalized spacial score (nSPS) is 44.4. The van der Waals surface area contributed by atoms with Crippen LogP contribution in [0.5, 0.6) is 0 Å². The Morgan fingerprint density at radius 3 is 2.78 bits per heavy atom. The Morgan fingerprint density at radius 1 is 1.33 bits per heavy atom. The third-order valence-electron chi connectivity index (χ3n) is 7.42. The molecule has 1 heterocycles. The Labute approximate surface area is 164 Å². The second-order valence-electron chi connectivity index (χ2n) is 9.02. The zero-order valence-corrected chi connectivity index (χ0v) is 16.1. The number of rotatable bonds is 4. The van der Waals surface area contributed by atoms with E-state index in [-0.39, 0.29) is 23.0 Å². The van der Waals surface area contributed by atoms with Crippen LogP contribution in [-0.2, 0) is 9.53 Å². The Morgan fingerprint density at radius 2 is 2.07 bits per heavy atom. The van der Waals surface area contributed by atoms with Crippen molar-refractivity contribution in [1.82, 2.24) is 0 Å². The minimum atomic E-state index is -0.379. The van der Waals surface area contributed by atoms with Crippen molar-refractivity contribution < 1.29 is 9.53 Å². The van der Waals surface area contributed by atoms with E-state index in [1.165, 1.54) is 12.8 Å². The highest BCUT2D eigenvalue weighted by Crippen LogP contribution is 2.62. The first kappa shape index (κ1) is 17.4. The lowest BCUT2D eigenvalue weighted by Gasteiger charge is -2.63. The second-order valence-corrected chi connectivity index (χ2v) is 9.43. The molecule has 0 aromatic carbocycles. The van der Waals surface area contributed by atoms with Crippen molar-refractivity contribution in [2.75, 3.05) is 0 Å². The van der Waals surface area contributed by atoms with Crippen molar-refractivity contribution in [3.8, 4) is 0 Å². The average molecular weight is 385 g/mol. The maximum Gasteiger partial charge on any atom is 0.257 e. The minimum absolute atomic E-state index is 0.133. The van der Waals surface area contributed by atoms with E-state index in [0.717, 1.165) is 31.3 Å². The molecule has 1 aliphatic heterocycles. The van der Waals surface area contributed by atoms with Crippen LogP contribution in [0.25, 0.3) is 0 Å². The van der Waals surface area contributed by atoms with Gasteiger partial charge in [0.2, 0.25) is 0 Å². The van der Waals surface area contributed by atoms with E-state index in [1.54, 1.807) is 12.3 Å². The molecule has 2 N–H and O–H groups in total. The number of dihydropyridines is 1. The van der Waals surface area contributed by atoms with Gasteiger partial charge in [0, 0.05) is 11.8 Å². The lowest BCUT2D eigenvalue weighted by Crippen LogP contribution is -2.67. The van der Waals surface area contributed by atoms with Crippen LogP contribution in [0.2, 0.25) is 0 Å². The van der Waals surface area contributed by atoms with Gasteiger partial charge in [-0.1, -0.05) is 17.7 Å². The van der Waals surface area contributed by atoms with Crippen LogP contribution in [0.15, 0.2) is 52.2 Å². The molecule has 0 aromatic rings. The smallest absolute Gasteiger partial charge is 0.257 e. The SMILES string of the molecule is C=CCC1(N)C2CC3CC1CC(OC1=CC4=CC=NC(=O)C4C=C1Cl)(C3)C2. The largest absolute Gasteiger partial charge is 0.486 e. The highest BCUT2D eigenvalue weighted by Gasteiger charge is 2.61. The number of allylic oxidation sites excluding steroid dienone is 3. The topological polar surface area (TPSA) is 64.7 Å². The highest BCUT2D eigenvalue weighted by molar-refractivity contribution is 6.32. The fourth-order valence-corrected chi connectivity index (χ4v) is 6.58. The van der Waals surface area contributed by atoms with E-state index >= 15 is 0 Å². The Hall–Kier alpha value is -1.65. The summed E-state index contributed by atoms with van der Waals surface area (Å²) in [6.07, 6.45) is 15.4. The lowest BCUT2D eigenvalue weighted by atomic mass is 9.46. The number of nitrogens with zero attached hydrogens (tertiary/aromatic N) is 1. The van der Waals surface area contributed by atoms with E-state index in [4.69, 9.17) is 22.1 Å². The molecule has 5 aliphatic carbocycles. The van der Waals surface area contributed by atoms with Crippen LogP contribution in [0.4, 0.5) is 0 Å². The van der Waals surface area contributed by atoms with Gasteiger partial charge < -0.3 is 10.5 Å². The quantitative estimate of drug-likeness (QED) is 0.744. The third kappa shape index (κ3) is 2.60. The zero-order chi connectivity index (χ0) is 18.8. The van der Waals surface area contributed by atoms with Gasteiger partial charge in [-0.3, -0.25) is 4.79 Å². The fraction of sp³-hybridized carbons (Fsp3) is 0.545. The number of carbonyl (C=O) groups is 1. The molecule has 3 unspecified atom stereocenters. The number of fused-ring (bicyclic) bond motifs is 1. The number of hydrogen-bond acceptors (Lipinski definition) is 3. The van der Waals surface area contributed by atoms with Crippen LogP contribution in [-0.4, -0.2) is 23.3 Å². The summed E-state index contributed by atoms with van der Waals surface area (Å²) < 4.78 is 6.64. The molecule has 0 saturated heterocycles. The molecule has 4 nitrogen and oxygen atoms in total. The summed E-state index contributed by atoms with van der Waals surface area (Å²) in [4.78, 5) is 15.8. The number of hydrogen-bond donors (Lipinski definition) is 1. The van der Waals surface area contributed by atoms with Gasteiger partial charge in [0.25, 0.3) is 5.91 Å². The number of amides is 1. The average Bonchev–Trinajstić information content (AvgIpc) is 2.61. The van der Waals surface area contributed by atoms with Gasteiger partial charge in [-0.2, -0.15) is 0 Å². The number of carbonyl (C=O) groups excluding carboxylic acids is 1. The molecular weight excluding hydrogens is 360 g/mol. The van der Waals surface area contributed by atoms with Crippen LogP contribution in [0.3, 0.4) is 0 Å². The number of nitrogens with two attached hydrogens (primary N) is 1. The minimum Gasteiger partial charge on any atom is -0.486 e. The van der Waals surface area contributed by atoms with E-state index in [1.807, 2.05) is 18.2 Å². The third-order valence-corrected chi connectivity index (χ3v) is 7.73. The van der Waals surface area contributed by atoms with Gasteiger partial charge in [-0.25, -0.2) is 4.99 Å². The predicted octanol–water partition coefficient (Wildman–Crippen LogP) is 4.03. The Bertz CT molecular complexity index is 821. The molecular formula is C22H25ClN2O2. The van der Waals surface area contributed by atoms with E-state index < -0.39 is 0 Å². The van der Waals surface area contributed by atoms with E-state index in [2.05, 4.69) is 11.6 Å². The van der Waals surface area contributed by atoms with Gasteiger partial charge in [0.15, 0.2) is 0 Å². The number of halogens is 1. The van der Waals surface area contributed by atoms with Crippen LogP contribution < -0.4 is 5.73 Å². The summed E-state index contributed by atoms with van der Waals surface area (Å²) in [6, 6.07) is 0. The van der Waals surface area contributed by atoms with Gasteiger partial charge in [-0.15, -0.1) is 6.58 Å². The summed E-state index contributed by atoms with van der Waals surface area (Å²) >= 11 is 6.51. The molecule has 6 rings (SSSR count). The number of aliphatic imine (C=N–C) groups is 1. The summed E-state index contributed by atoms with van der Waals surface area (Å²) in [5.74, 6) is 1.78. The molecule has 0 spiro atoms. The van der Waals surface area contributed by atoms with Gasteiger partial charge in [0.1, 0.15) is 11.4 Å². The van der Waals surface area contributed by atoms with Gasteiger partial charge in [0.05, 0.1) is 11.0 Å². The molecule has 5 heteroatoms. The van der Waals surface area contributed by atoms with Crippen LogP contribution in [0.1, 0.15) is 38.5 Å². The summed E-state index contributed by atoms with van der Waals surface area (Å²) in [5, 5.41) is 0.517. The molecule has 4 bridgehead atoms. The zero-order valence-electron chi connectivity index (χ0n) is 15.4. The Balaban J connectivity index is 1.43. The van der Waals surface area contributed by atoms with Crippen molar-refractivity contribution in [3.05, 3.63) is 47.2 Å². The van der Waals surface area contributed by atoms with E-state index in [0.29, 0.717) is 28.5 Å². The summed E-state index contributed by atoms with van der Waals surface area (Å²) in [5.41, 5.74) is 7.47.